The molecule has 122 valence electrons. The van der Waals surface area contributed by atoms with Crippen LogP contribution in [0.25, 0.3) is 0 Å². The molecule has 0 saturated heterocycles. The normalized spacial score (nSPS) is 24.7. The number of rotatable bonds is 3. The van der Waals surface area contributed by atoms with Crippen LogP contribution in [0.1, 0.15) is 34.7 Å². The fourth-order valence-corrected chi connectivity index (χ4v) is 4.06. The quantitative estimate of drug-likeness (QED) is 0.671. The van der Waals surface area contributed by atoms with E-state index in [0.717, 1.165) is 17.8 Å². The third kappa shape index (κ3) is 2.21. The minimum absolute atomic E-state index is 0.0263. The van der Waals surface area contributed by atoms with Crippen molar-refractivity contribution in [3.8, 4) is 0 Å². The topological polar surface area (TPSA) is 58.2 Å². The van der Waals surface area contributed by atoms with E-state index in [1.165, 1.54) is 5.56 Å². The van der Waals surface area contributed by atoms with Crippen molar-refractivity contribution in [2.45, 2.75) is 24.8 Å². The number of fused-ring (bicyclic) bond motifs is 3. The zero-order chi connectivity index (χ0) is 16.7. The van der Waals surface area contributed by atoms with Gasteiger partial charge in [-0.05, 0) is 36.6 Å². The van der Waals surface area contributed by atoms with Crippen molar-refractivity contribution in [3.05, 3.63) is 59.7 Å². The molecule has 1 heterocycles. The lowest BCUT2D eigenvalue weighted by Gasteiger charge is -2.30. The second kappa shape index (κ2) is 5.78. The van der Waals surface area contributed by atoms with E-state index in [-0.39, 0.29) is 23.5 Å². The van der Waals surface area contributed by atoms with Gasteiger partial charge in [0.1, 0.15) is 0 Å². The number of benzene rings is 2. The first-order valence-corrected chi connectivity index (χ1v) is 8.41. The lowest BCUT2D eigenvalue weighted by molar-refractivity contribution is -0.124. The van der Waals surface area contributed by atoms with Crippen LogP contribution in [0.5, 0.6) is 0 Å². The first-order valence-electron chi connectivity index (χ1n) is 8.41. The molecular formula is C20H20N2O2. The maximum atomic E-state index is 13.0. The summed E-state index contributed by atoms with van der Waals surface area (Å²) in [4.78, 5) is 25.9. The molecule has 1 aliphatic heterocycles. The summed E-state index contributed by atoms with van der Waals surface area (Å²) in [5.41, 5.74) is 3.62. The van der Waals surface area contributed by atoms with Crippen LogP contribution in [-0.2, 0) is 4.79 Å². The number of nitrogens with one attached hydrogen (secondary N) is 2. The summed E-state index contributed by atoms with van der Waals surface area (Å²) >= 11 is 0. The monoisotopic (exact) mass is 320 g/mol. The van der Waals surface area contributed by atoms with Crippen molar-refractivity contribution < 1.29 is 9.59 Å². The average molecular weight is 320 g/mol. The summed E-state index contributed by atoms with van der Waals surface area (Å²) in [5.74, 6) is -0.403. The Morgan fingerprint density at radius 2 is 1.83 bits per heavy atom. The van der Waals surface area contributed by atoms with Gasteiger partial charge < -0.3 is 10.6 Å². The van der Waals surface area contributed by atoms with Crippen LogP contribution in [0.4, 0.5) is 11.4 Å². The second-order valence-electron chi connectivity index (χ2n) is 6.51. The summed E-state index contributed by atoms with van der Waals surface area (Å²) in [7, 11) is 1.79. The molecule has 0 spiro atoms. The number of ketones is 2. The standard InChI is InChI=1S/C20H20N2O2/c1-21-16-8-4-3-7-14(16)19(23)15-11-10-13-12-6-2-5-9-17(12)22-18(13)20(15)24/h2-9,13,15,18,21-22H,10-11H2,1H3. The number of hydrogen-bond donors (Lipinski definition) is 2. The maximum Gasteiger partial charge on any atom is 0.175 e. The van der Waals surface area contributed by atoms with Crippen LogP contribution in [0.15, 0.2) is 48.5 Å². The third-order valence-corrected chi connectivity index (χ3v) is 5.27. The summed E-state index contributed by atoms with van der Waals surface area (Å²) in [5, 5.41) is 6.38. The molecule has 1 fully saturated rings. The fraction of sp³-hybridized carbons (Fsp3) is 0.300. The van der Waals surface area contributed by atoms with E-state index < -0.39 is 5.92 Å². The van der Waals surface area contributed by atoms with Gasteiger partial charge in [-0.3, -0.25) is 9.59 Å². The van der Waals surface area contributed by atoms with Crippen LogP contribution in [0, 0.1) is 5.92 Å². The van der Waals surface area contributed by atoms with Gasteiger partial charge in [-0.1, -0.05) is 30.3 Å². The van der Waals surface area contributed by atoms with Crippen LogP contribution in [0.3, 0.4) is 0 Å². The van der Waals surface area contributed by atoms with E-state index in [0.29, 0.717) is 12.0 Å². The predicted molar refractivity (Wildman–Crippen MR) is 94.6 cm³/mol. The Kier molecular flexibility index (Phi) is 3.60. The van der Waals surface area contributed by atoms with E-state index in [1.807, 2.05) is 36.4 Å². The van der Waals surface area contributed by atoms with Crippen LogP contribution in [-0.4, -0.2) is 24.7 Å². The molecular weight excluding hydrogens is 300 g/mol. The van der Waals surface area contributed by atoms with Crippen LogP contribution < -0.4 is 10.6 Å². The minimum Gasteiger partial charge on any atom is -0.388 e. The first kappa shape index (κ1) is 14.9. The average Bonchev–Trinajstić information content (AvgIpc) is 3.01. The fourth-order valence-electron chi connectivity index (χ4n) is 4.06. The largest absolute Gasteiger partial charge is 0.388 e. The summed E-state index contributed by atoms with van der Waals surface area (Å²) in [6.45, 7) is 0. The molecule has 24 heavy (non-hydrogen) atoms. The summed E-state index contributed by atoms with van der Waals surface area (Å²) < 4.78 is 0. The van der Waals surface area contributed by atoms with Crippen molar-refractivity contribution in [1.82, 2.24) is 0 Å². The Morgan fingerprint density at radius 1 is 1.08 bits per heavy atom. The summed E-state index contributed by atoms with van der Waals surface area (Å²) in [6.07, 6.45) is 1.48. The van der Waals surface area contributed by atoms with Crippen molar-refractivity contribution in [1.29, 1.82) is 0 Å². The molecule has 1 saturated carbocycles. The molecule has 1 aliphatic carbocycles. The highest BCUT2D eigenvalue weighted by Gasteiger charge is 2.45. The van der Waals surface area contributed by atoms with Gasteiger partial charge in [0.05, 0.1) is 12.0 Å². The van der Waals surface area contributed by atoms with Gasteiger partial charge in [-0.25, -0.2) is 0 Å². The Hall–Kier alpha value is -2.62. The number of carbonyl (C=O) groups is 2. The van der Waals surface area contributed by atoms with Crippen molar-refractivity contribution in [3.63, 3.8) is 0 Å². The summed E-state index contributed by atoms with van der Waals surface area (Å²) in [6, 6.07) is 15.2. The molecule has 2 aromatic carbocycles. The molecule has 0 radical (unpaired) electrons. The highest BCUT2D eigenvalue weighted by Crippen LogP contribution is 2.44. The highest BCUT2D eigenvalue weighted by atomic mass is 16.2. The number of anilines is 2. The molecule has 4 heteroatoms. The van der Waals surface area contributed by atoms with Gasteiger partial charge in [0.2, 0.25) is 0 Å². The molecule has 4 rings (SSSR count). The Bertz CT molecular complexity index is 815. The van der Waals surface area contributed by atoms with Gasteiger partial charge >= 0.3 is 0 Å². The first-order chi connectivity index (χ1) is 11.7. The molecule has 2 N–H and O–H groups in total. The zero-order valence-corrected chi connectivity index (χ0v) is 13.6. The van der Waals surface area contributed by atoms with E-state index in [1.54, 1.807) is 13.1 Å². The van der Waals surface area contributed by atoms with Crippen molar-refractivity contribution >= 4 is 22.9 Å². The van der Waals surface area contributed by atoms with E-state index in [4.69, 9.17) is 0 Å². The second-order valence-corrected chi connectivity index (χ2v) is 6.51. The zero-order valence-electron chi connectivity index (χ0n) is 13.6. The van der Waals surface area contributed by atoms with Gasteiger partial charge in [-0.2, -0.15) is 0 Å². The van der Waals surface area contributed by atoms with E-state index >= 15 is 0 Å². The van der Waals surface area contributed by atoms with E-state index in [2.05, 4.69) is 16.7 Å². The SMILES string of the molecule is CNc1ccccc1C(=O)C1CCC2c3ccccc3NC2C1=O. The van der Waals surface area contributed by atoms with Gasteiger partial charge in [0, 0.05) is 29.9 Å². The predicted octanol–water partition coefficient (Wildman–Crippen LogP) is 3.47. The third-order valence-electron chi connectivity index (χ3n) is 5.27. The number of carbonyl (C=O) groups excluding carboxylic acids is 2. The van der Waals surface area contributed by atoms with Crippen LogP contribution in [0.2, 0.25) is 0 Å². The molecule has 2 aliphatic rings. The molecule has 4 nitrogen and oxygen atoms in total. The van der Waals surface area contributed by atoms with E-state index in [9.17, 15) is 9.59 Å². The molecule has 0 aromatic heterocycles. The lowest BCUT2D eigenvalue weighted by atomic mass is 9.73. The Balaban J connectivity index is 1.62. The van der Waals surface area contributed by atoms with Crippen molar-refractivity contribution in [2.24, 2.45) is 5.92 Å². The Morgan fingerprint density at radius 3 is 2.67 bits per heavy atom. The molecule has 2 aromatic rings. The van der Waals surface area contributed by atoms with Gasteiger partial charge in [0.25, 0.3) is 0 Å². The number of hydrogen-bond acceptors (Lipinski definition) is 4. The maximum absolute atomic E-state index is 13.0. The molecule has 3 atom stereocenters. The molecule has 0 bridgehead atoms. The van der Waals surface area contributed by atoms with Gasteiger partial charge in [0.15, 0.2) is 11.6 Å². The van der Waals surface area contributed by atoms with Crippen molar-refractivity contribution in [2.75, 3.05) is 17.7 Å². The smallest absolute Gasteiger partial charge is 0.175 e. The number of Topliss-reactive ketones (excluding diaryl/α,β-unsaturated/α-hetero) is 2. The lowest BCUT2D eigenvalue weighted by Crippen LogP contribution is -2.43. The molecule has 0 amide bonds. The Labute approximate surface area is 141 Å². The molecule has 3 unspecified atom stereocenters. The number of para-hydroxylation sites is 2. The van der Waals surface area contributed by atoms with Crippen LogP contribution >= 0.6 is 0 Å². The highest BCUT2D eigenvalue weighted by molar-refractivity contribution is 6.15. The van der Waals surface area contributed by atoms with Gasteiger partial charge in [-0.15, -0.1) is 0 Å². The minimum atomic E-state index is -0.553.